The fraction of sp³-hybridized carbons (Fsp3) is 0.312. The number of nitrogens with zero attached hydrogens (tertiary/aromatic N) is 1. The van der Waals surface area contributed by atoms with Crippen molar-refractivity contribution in [2.75, 3.05) is 0 Å². The van der Waals surface area contributed by atoms with Crippen molar-refractivity contribution in [2.45, 2.75) is 32.4 Å². The van der Waals surface area contributed by atoms with Gasteiger partial charge in [-0.2, -0.15) is 0 Å². The van der Waals surface area contributed by atoms with Crippen LogP contribution in [0.2, 0.25) is 0 Å². The average Bonchev–Trinajstić information content (AvgIpc) is 2.84. The second kappa shape index (κ2) is 4.45. The molecule has 0 saturated heterocycles. The summed E-state index contributed by atoms with van der Waals surface area (Å²) in [7, 11) is 0. The molecule has 0 unspecified atom stereocenters. The molecular weight excluding hydrogens is 222 g/mol. The van der Waals surface area contributed by atoms with Crippen LogP contribution in [0, 0.1) is 0 Å². The van der Waals surface area contributed by atoms with Crippen LogP contribution in [0.3, 0.4) is 0 Å². The van der Waals surface area contributed by atoms with Crippen molar-refractivity contribution >= 4 is 5.91 Å². The third-order valence-corrected chi connectivity index (χ3v) is 3.73. The summed E-state index contributed by atoms with van der Waals surface area (Å²) >= 11 is 0. The molecule has 1 aromatic carbocycles. The number of carbonyl (C=O) groups excluding carboxylic acids is 1. The first-order valence-electron chi connectivity index (χ1n) is 6.52. The number of allylic oxidation sites excluding steroid dienone is 1. The molecule has 1 aromatic rings. The Balaban J connectivity index is 1.87. The van der Waals surface area contributed by atoms with Crippen molar-refractivity contribution in [3.05, 3.63) is 59.2 Å². The lowest BCUT2D eigenvalue weighted by Gasteiger charge is -2.32. The van der Waals surface area contributed by atoms with Crippen LogP contribution in [0.25, 0.3) is 0 Å². The summed E-state index contributed by atoms with van der Waals surface area (Å²) in [6.07, 6.45) is 6.37. The molecule has 2 aliphatic rings. The largest absolute Gasteiger partial charge is 0.328 e. The Morgan fingerprint density at radius 2 is 2.06 bits per heavy atom. The fourth-order valence-corrected chi connectivity index (χ4v) is 2.75. The van der Waals surface area contributed by atoms with Gasteiger partial charge in [-0.05, 0) is 30.9 Å². The highest BCUT2D eigenvalue weighted by Gasteiger charge is 2.31. The van der Waals surface area contributed by atoms with Gasteiger partial charge in [0.25, 0.3) is 5.91 Å². The molecule has 0 saturated carbocycles. The number of hydrogen-bond donors (Lipinski definition) is 0. The SMILES string of the molecule is C[C@H]1C=C2CCC=C2C(=O)N1Cc1ccccc1. The predicted octanol–water partition coefficient (Wildman–Crippen LogP) is 3.06. The van der Waals surface area contributed by atoms with E-state index < -0.39 is 0 Å². The summed E-state index contributed by atoms with van der Waals surface area (Å²) in [6, 6.07) is 10.4. The van der Waals surface area contributed by atoms with E-state index in [0.717, 1.165) is 18.4 Å². The molecule has 0 aromatic heterocycles. The summed E-state index contributed by atoms with van der Waals surface area (Å²) in [6.45, 7) is 2.80. The van der Waals surface area contributed by atoms with Crippen molar-refractivity contribution in [3.63, 3.8) is 0 Å². The molecule has 92 valence electrons. The van der Waals surface area contributed by atoms with Crippen molar-refractivity contribution in [2.24, 2.45) is 0 Å². The van der Waals surface area contributed by atoms with Crippen LogP contribution >= 0.6 is 0 Å². The molecule has 0 N–H and O–H groups in total. The molecule has 0 bridgehead atoms. The average molecular weight is 239 g/mol. The lowest BCUT2D eigenvalue weighted by Crippen LogP contribution is -2.41. The zero-order valence-corrected chi connectivity index (χ0v) is 10.6. The molecule has 1 aliphatic heterocycles. The van der Waals surface area contributed by atoms with Crippen LogP contribution in [0.4, 0.5) is 0 Å². The summed E-state index contributed by atoms with van der Waals surface area (Å²) in [5.74, 6) is 0.196. The summed E-state index contributed by atoms with van der Waals surface area (Å²) in [4.78, 5) is 14.4. The van der Waals surface area contributed by atoms with E-state index >= 15 is 0 Å². The van der Waals surface area contributed by atoms with Gasteiger partial charge >= 0.3 is 0 Å². The first-order valence-corrected chi connectivity index (χ1v) is 6.52. The maximum atomic E-state index is 12.4. The van der Waals surface area contributed by atoms with Gasteiger partial charge < -0.3 is 4.90 Å². The molecule has 2 heteroatoms. The Morgan fingerprint density at radius 3 is 2.83 bits per heavy atom. The maximum absolute atomic E-state index is 12.4. The lowest BCUT2D eigenvalue weighted by molar-refractivity contribution is -0.129. The standard InChI is InChI=1S/C16H17NO/c1-12-10-14-8-5-9-15(14)16(18)17(12)11-13-6-3-2-4-7-13/h2-4,6-7,9-10,12H,5,8,11H2,1H3/t12-/m0/s1. The lowest BCUT2D eigenvalue weighted by atomic mass is 9.98. The summed E-state index contributed by atoms with van der Waals surface area (Å²) in [5.41, 5.74) is 3.37. The van der Waals surface area contributed by atoms with E-state index in [1.165, 1.54) is 11.1 Å². The van der Waals surface area contributed by atoms with Crippen molar-refractivity contribution < 1.29 is 4.79 Å². The third kappa shape index (κ3) is 1.88. The van der Waals surface area contributed by atoms with E-state index in [9.17, 15) is 4.79 Å². The van der Waals surface area contributed by atoms with Gasteiger partial charge in [-0.1, -0.05) is 42.5 Å². The molecule has 0 spiro atoms. The number of amides is 1. The highest BCUT2D eigenvalue weighted by atomic mass is 16.2. The molecule has 0 radical (unpaired) electrons. The van der Waals surface area contributed by atoms with Crippen molar-refractivity contribution in [1.29, 1.82) is 0 Å². The van der Waals surface area contributed by atoms with Crippen molar-refractivity contribution in [1.82, 2.24) is 4.90 Å². The fourth-order valence-electron chi connectivity index (χ4n) is 2.75. The van der Waals surface area contributed by atoms with Crippen molar-refractivity contribution in [3.8, 4) is 0 Å². The summed E-state index contributed by atoms with van der Waals surface area (Å²) < 4.78 is 0. The topological polar surface area (TPSA) is 20.3 Å². The molecule has 2 nitrogen and oxygen atoms in total. The first kappa shape index (κ1) is 11.3. The minimum Gasteiger partial charge on any atom is -0.328 e. The molecule has 1 atom stereocenters. The quantitative estimate of drug-likeness (QED) is 0.776. The smallest absolute Gasteiger partial charge is 0.254 e. The van der Waals surface area contributed by atoms with E-state index in [1.54, 1.807) is 0 Å². The van der Waals surface area contributed by atoms with Gasteiger partial charge in [0.1, 0.15) is 0 Å². The van der Waals surface area contributed by atoms with E-state index in [1.807, 2.05) is 23.1 Å². The molecule has 1 amide bonds. The Kier molecular flexibility index (Phi) is 2.78. The van der Waals surface area contributed by atoms with Gasteiger partial charge in [-0.3, -0.25) is 4.79 Å². The maximum Gasteiger partial charge on any atom is 0.254 e. The van der Waals surface area contributed by atoms with Gasteiger partial charge in [-0.15, -0.1) is 0 Å². The van der Waals surface area contributed by atoms with E-state index in [4.69, 9.17) is 0 Å². The van der Waals surface area contributed by atoms with Gasteiger partial charge in [-0.25, -0.2) is 0 Å². The van der Waals surface area contributed by atoms with Gasteiger partial charge in [0.05, 0.1) is 0 Å². The number of benzene rings is 1. The number of fused-ring (bicyclic) bond motifs is 1. The second-order valence-corrected chi connectivity index (χ2v) is 5.01. The zero-order chi connectivity index (χ0) is 12.5. The van der Waals surface area contributed by atoms with Crippen LogP contribution < -0.4 is 0 Å². The van der Waals surface area contributed by atoms with Crippen LogP contribution in [-0.4, -0.2) is 16.8 Å². The predicted molar refractivity (Wildman–Crippen MR) is 71.9 cm³/mol. The first-order chi connectivity index (χ1) is 8.75. The Morgan fingerprint density at radius 1 is 1.28 bits per heavy atom. The van der Waals surface area contributed by atoms with E-state index in [-0.39, 0.29) is 11.9 Å². The van der Waals surface area contributed by atoms with E-state index in [0.29, 0.717) is 6.54 Å². The van der Waals surface area contributed by atoms with Crippen LogP contribution in [-0.2, 0) is 11.3 Å². The van der Waals surface area contributed by atoms with Crippen LogP contribution in [0.5, 0.6) is 0 Å². The normalized spacial score (nSPS) is 22.6. The van der Waals surface area contributed by atoms with Gasteiger partial charge in [0.15, 0.2) is 0 Å². The number of rotatable bonds is 2. The summed E-state index contributed by atoms with van der Waals surface area (Å²) in [5, 5.41) is 0. The van der Waals surface area contributed by atoms with Crippen LogP contribution in [0.15, 0.2) is 53.6 Å². The Hall–Kier alpha value is -1.83. The molecular formula is C16H17NO. The number of carbonyl (C=O) groups is 1. The number of hydrogen-bond acceptors (Lipinski definition) is 1. The third-order valence-electron chi connectivity index (χ3n) is 3.73. The second-order valence-electron chi connectivity index (χ2n) is 5.01. The van der Waals surface area contributed by atoms with Gasteiger partial charge in [0.2, 0.25) is 0 Å². The minimum absolute atomic E-state index is 0.196. The zero-order valence-electron chi connectivity index (χ0n) is 10.6. The Bertz CT molecular complexity index is 527. The highest BCUT2D eigenvalue weighted by molar-refractivity contribution is 6.00. The molecule has 0 fully saturated rings. The Labute approximate surface area is 108 Å². The molecule has 1 aliphatic carbocycles. The van der Waals surface area contributed by atoms with Crippen LogP contribution in [0.1, 0.15) is 25.3 Å². The molecule has 18 heavy (non-hydrogen) atoms. The van der Waals surface area contributed by atoms with E-state index in [2.05, 4.69) is 31.2 Å². The van der Waals surface area contributed by atoms with Gasteiger partial charge in [0, 0.05) is 18.2 Å². The molecule has 3 rings (SSSR count). The molecule has 1 heterocycles. The minimum atomic E-state index is 0.196. The highest BCUT2D eigenvalue weighted by Crippen LogP contribution is 2.32. The monoisotopic (exact) mass is 239 g/mol.